The fourth-order valence-electron chi connectivity index (χ4n) is 1.68. The number of hydrogen-bond donors (Lipinski definition) is 0. The fraction of sp³-hybridized carbons (Fsp3) is 0.143. The zero-order chi connectivity index (χ0) is 10.8. The molecule has 0 amide bonds. The molecule has 1 saturated heterocycles. The lowest BCUT2D eigenvalue weighted by molar-refractivity contribution is 0.403. The zero-order valence-electron chi connectivity index (χ0n) is 8.80. The Labute approximate surface area is 94.4 Å². The largest absolute Gasteiger partial charge is 0.457 e. The van der Waals surface area contributed by atoms with E-state index in [9.17, 15) is 0 Å². The lowest BCUT2D eigenvalue weighted by Gasteiger charge is -2.09. The molecule has 0 saturated carbocycles. The molecule has 0 aliphatic carbocycles. The molecule has 2 heteroatoms. The van der Waals surface area contributed by atoms with Gasteiger partial charge in [0, 0.05) is 5.56 Å². The Kier molecular flexibility index (Phi) is 2.35. The van der Waals surface area contributed by atoms with Gasteiger partial charge in [0.2, 0.25) is 0 Å². The van der Waals surface area contributed by atoms with Crippen LogP contribution in [0.15, 0.2) is 54.6 Å². The summed E-state index contributed by atoms with van der Waals surface area (Å²) in [4.78, 5) is 0. The Morgan fingerprint density at radius 2 is 1.62 bits per heavy atom. The highest BCUT2D eigenvalue weighted by Gasteiger charge is 2.27. The molecule has 2 nitrogen and oxygen atoms in total. The highest BCUT2D eigenvalue weighted by molar-refractivity contribution is 5.40. The molecule has 0 aromatic heterocycles. The third-order valence-corrected chi connectivity index (χ3v) is 2.57. The van der Waals surface area contributed by atoms with E-state index < -0.39 is 0 Å². The van der Waals surface area contributed by atoms with Crippen molar-refractivity contribution in [3.63, 3.8) is 0 Å². The van der Waals surface area contributed by atoms with Crippen LogP contribution in [0.5, 0.6) is 11.5 Å². The van der Waals surface area contributed by atoms with Gasteiger partial charge in [0.25, 0.3) is 0 Å². The fourth-order valence-corrected chi connectivity index (χ4v) is 1.68. The molecule has 0 spiro atoms. The molecule has 0 N–H and O–H groups in total. The third kappa shape index (κ3) is 1.92. The van der Waals surface area contributed by atoms with Gasteiger partial charge in [-0.25, -0.2) is 0 Å². The number of rotatable bonds is 3. The Morgan fingerprint density at radius 3 is 2.38 bits per heavy atom. The average Bonchev–Trinajstić information content (AvgIpc) is 3.15. The minimum atomic E-state index is 0.222. The third-order valence-electron chi connectivity index (χ3n) is 2.57. The topological polar surface area (TPSA) is 21.8 Å². The monoisotopic (exact) mass is 212 g/mol. The predicted octanol–water partition coefficient (Wildman–Crippen LogP) is 3.55. The van der Waals surface area contributed by atoms with Crippen LogP contribution in [0, 0.1) is 0 Å². The van der Waals surface area contributed by atoms with E-state index in [0.717, 1.165) is 23.7 Å². The highest BCUT2D eigenvalue weighted by Crippen LogP contribution is 2.37. The summed E-state index contributed by atoms with van der Waals surface area (Å²) in [6.45, 7) is 0.801. The van der Waals surface area contributed by atoms with Crippen LogP contribution in [0.3, 0.4) is 0 Å². The van der Waals surface area contributed by atoms with Crippen LogP contribution in [-0.4, -0.2) is 6.61 Å². The van der Waals surface area contributed by atoms with E-state index in [1.54, 1.807) is 0 Å². The lowest BCUT2D eigenvalue weighted by atomic mass is 10.1. The van der Waals surface area contributed by atoms with E-state index >= 15 is 0 Å². The van der Waals surface area contributed by atoms with Gasteiger partial charge < -0.3 is 9.47 Å². The van der Waals surface area contributed by atoms with Gasteiger partial charge in [0.15, 0.2) is 0 Å². The Morgan fingerprint density at radius 1 is 0.938 bits per heavy atom. The Bertz CT molecular complexity index is 475. The van der Waals surface area contributed by atoms with Crippen molar-refractivity contribution in [3.05, 3.63) is 60.2 Å². The van der Waals surface area contributed by atoms with Crippen molar-refractivity contribution in [1.82, 2.24) is 0 Å². The molecule has 2 aromatic carbocycles. The second-order valence-electron chi connectivity index (χ2n) is 3.77. The number of para-hydroxylation sites is 2. The van der Waals surface area contributed by atoms with E-state index in [0.29, 0.717) is 0 Å². The number of benzene rings is 2. The van der Waals surface area contributed by atoms with E-state index in [4.69, 9.17) is 9.47 Å². The molecule has 1 atom stereocenters. The first-order valence-electron chi connectivity index (χ1n) is 5.37. The molecule has 2 aromatic rings. The summed E-state index contributed by atoms with van der Waals surface area (Å²) in [6.07, 6.45) is 0.222. The molecule has 1 aliphatic heterocycles. The van der Waals surface area contributed by atoms with Gasteiger partial charge >= 0.3 is 0 Å². The van der Waals surface area contributed by atoms with Crippen molar-refractivity contribution >= 4 is 0 Å². The van der Waals surface area contributed by atoms with E-state index in [-0.39, 0.29) is 6.10 Å². The maximum Gasteiger partial charge on any atom is 0.133 e. The molecule has 80 valence electrons. The first-order chi connectivity index (χ1) is 7.93. The molecule has 3 rings (SSSR count). The van der Waals surface area contributed by atoms with Crippen molar-refractivity contribution in [2.45, 2.75) is 6.10 Å². The van der Waals surface area contributed by atoms with Crippen LogP contribution in [0.25, 0.3) is 0 Å². The zero-order valence-corrected chi connectivity index (χ0v) is 8.80. The van der Waals surface area contributed by atoms with Crippen LogP contribution in [0.2, 0.25) is 0 Å². The van der Waals surface area contributed by atoms with Crippen molar-refractivity contribution in [2.24, 2.45) is 0 Å². The average molecular weight is 212 g/mol. The van der Waals surface area contributed by atoms with Crippen LogP contribution in [0.1, 0.15) is 11.7 Å². The molecule has 1 aliphatic rings. The molecule has 1 heterocycles. The summed E-state index contributed by atoms with van der Waals surface area (Å²) >= 11 is 0. The van der Waals surface area contributed by atoms with Gasteiger partial charge in [-0.05, 0) is 18.2 Å². The summed E-state index contributed by atoms with van der Waals surface area (Å²) < 4.78 is 11.1. The van der Waals surface area contributed by atoms with Gasteiger partial charge in [-0.15, -0.1) is 0 Å². The van der Waals surface area contributed by atoms with E-state index in [2.05, 4.69) is 6.07 Å². The van der Waals surface area contributed by atoms with Crippen LogP contribution >= 0.6 is 0 Å². The van der Waals surface area contributed by atoms with Gasteiger partial charge in [0.1, 0.15) is 17.6 Å². The van der Waals surface area contributed by atoms with Crippen molar-refractivity contribution in [1.29, 1.82) is 0 Å². The summed E-state index contributed by atoms with van der Waals surface area (Å²) in [5.41, 5.74) is 1.13. The van der Waals surface area contributed by atoms with Gasteiger partial charge in [0.05, 0.1) is 6.61 Å². The normalized spacial score (nSPS) is 18.1. The first-order valence-corrected chi connectivity index (χ1v) is 5.37. The summed E-state index contributed by atoms with van der Waals surface area (Å²) in [6, 6.07) is 17.8. The van der Waals surface area contributed by atoms with E-state index in [1.165, 1.54) is 0 Å². The maximum atomic E-state index is 5.83. The van der Waals surface area contributed by atoms with Crippen molar-refractivity contribution in [3.8, 4) is 11.5 Å². The second-order valence-corrected chi connectivity index (χ2v) is 3.77. The Hall–Kier alpha value is -1.80. The summed E-state index contributed by atoms with van der Waals surface area (Å²) in [7, 11) is 0. The van der Waals surface area contributed by atoms with Crippen molar-refractivity contribution < 1.29 is 9.47 Å². The first kappa shape index (κ1) is 9.43. The van der Waals surface area contributed by atoms with Gasteiger partial charge in [-0.1, -0.05) is 36.4 Å². The minimum absolute atomic E-state index is 0.222. The molecule has 1 fully saturated rings. The molecule has 16 heavy (non-hydrogen) atoms. The standard InChI is InChI=1S/C14H12O2/c1-2-6-11(7-3-1)16-13-9-5-4-8-12(13)14-10-15-14/h1-9,14H,10H2/t14-/m0/s1. The Balaban J connectivity index is 1.89. The van der Waals surface area contributed by atoms with Gasteiger partial charge in [-0.2, -0.15) is 0 Å². The van der Waals surface area contributed by atoms with Crippen LogP contribution in [0.4, 0.5) is 0 Å². The smallest absolute Gasteiger partial charge is 0.133 e. The van der Waals surface area contributed by atoms with Gasteiger partial charge in [-0.3, -0.25) is 0 Å². The number of hydrogen-bond acceptors (Lipinski definition) is 2. The summed E-state index contributed by atoms with van der Waals surface area (Å²) in [5.74, 6) is 1.74. The van der Waals surface area contributed by atoms with Crippen LogP contribution in [-0.2, 0) is 4.74 Å². The molecular weight excluding hydrogens is 200 g/mol. The second kappa shape index (κ2) is 3.99. The summed E-state index contributed by atoms with van der Waals surface area (Å²) in [5, 5.41) is 0. The molecular formula is C14H12O2. The quantitative estimate of drug-likeness (QED) is 0.726. The minimum Gasteiger partial charge on any atom is -0.457 e. The van der Waals surface area contributed by atoms with Crippen molar-refractivity contribution in [2.75, 3.05) is 6.61 Å². The van der Waals surface area contributed by atoms with Crippen LogP contribution < -0.4 is 4.74 Å². The SMILES string of the molecule is c1ccc(Oc2ccccc2[C@@H]2CO2)cc1. The number of ether oxygens (including phenoxy) is 2. The molecule has 0 bridgehead atoms. The number of epoxide rings is 1. The maximum absolute atomic E-state index is 5.83. The molecule has 0 radical (unpaired) electrons. The van der Waals surface area contributed by atoms with E-state index in [1.807, 2.05) is 48.5 Å². The molecule has 0 unspecified atom stereocenters. The highest BCUT2D eigenvalue weighted by atomic mass is 16.6. The lowest BCUT2D eigenvalue weighted by Crippen LogP contribution is -1.89. The predicted molar refractivity (Wildman–Crippen MR) is 61.7 cm³/mol.